The van der Waals surface area contributed by atoms with Crippen LogP contribution in [0.2, 0.25) is 0 Å². The largest absolute Gasteiger partial charge is 0.382 e. The zero-order valence-electron chi connectivity index (χ0n) is 16.5. The maximum Gasteiger partial charge on any atom is 0.152 e. The predicted molar refractivity (Wildman–Crippen MR) is 113 cm³/mol. The summed E-state index contributed by atoms with van der Waals surface area (Å²) < 4.78 is 7.91. The Labute approximate surface area is 164 Å². The van der Waals surface area contributed by atoms with Gasteiger partial charge in [0.2, 0.25) is 0 Å². The molecule has 2 N–H and O–H groups in total. The number of benzene rings is 1. The number of rotatable bonds is 6. The monoisotopic (exact) mass is 375 g/mol. The van der Waals surface area contributed by atoms with E-state index in [1.165, 1.54) is 0 Å². The molecule has 0 aliphatic heterocycles. The minimum Gasteiger partial charge on any atom is -0.382 e. The van der Waals surface area contributed by atoms with Gasteiger partial charge < -0.3 is 15.0 Å². The second kappa shape index (κ2) is 7.56. The second-order valence-corrected chi connectivity index (χ2v) is 7.30. The molecule has 0 aliphatic rings. The van der Waals surface area contributed by atoms with Crippen molar-refractivity contribution in [3.8, 4) is 11.1 Å². The van der Waals surface area contributed by atoms with Crippen LogP contribution in [0.5, 0.6) is 0 Å². The average Bonchev–Trinajstić information content (AvgIpc) is 3.05. The van der Waals surface area contributed by atoms with E-state index in [1.54, 1.807) is 12.4 Å². The van der Waals surface area contributed by atoms with E-state index in [0.717, 1.165) is 45.4 Å². The van der Waals surface area contributed by atoms with Crippen LogP contribution in [-0.4, -0.2) is 26.1 Å². The normalized spacial score (nSPS) is 11.7. The van der Waals surface area contributed by atoms with Crippen LogP contribution in [0.15, 0.2) is 42.7 Å². The highest BCUT2D eigenvalue weighted by atomic mass is 16.5. The molecule has 3 heterocycles. The van der Waals surface area contributed by atoms with Crippen LogP contribution in [0.1, 0.15) is 26.6 Å². The summed E-state index contributed by atoms with van der Waals surface area (Å²) in [4.78, 5) is 13.7. The number of fused-ring (bicyclic) bond motifs is 3. The van der Waals surface area contributed by atoms with Gasteiger partial charge in [-0.15, -0.1) is 0 Å². The number of pyridine rings is 2. The molecule has 0 bridgehead atoms. The number of nitrogen functional groups attached to an aromatic ring is 1. The molecule has 6 heteroatoms. The summed E-state index contributed by atoms with van der Waals surface area (Å²) in [6, 6.07) is 10.2. The number of para-hydroxylation sites is 1. The lowest BCUT2D eigenvalue weighted by Gasteiger charge is -2.14. The summed E-state index contributed by atoms with van der Waals surface area (Å²) in [7, 11) is 0. The van der Waals surface area contributed by atoms with Gasteiger partial charge in [0.1, 0.15) is 17.9 Å². The maximum atomic E-state index is 6.37. The van der Waals surface area contributed by atoms with Crippen molar-refractivity contribution in [1.82, 2.24) is 19.5 Å². The van der Waals surface area contributed by atoms with Crippen LogP contribution in [0.4, 0.5) is 5.82 Å². The summed E-state index contributed by atoms with van der Waals surface area (Å²) in [5.41, 5.74) is 11.1. The smallest absolute Gasteiger partial charge is 0.152 e. The first-order chi connectivity index (χ1) is 13.6. The van der Waals surface area contributed by atoms with Gasteiger partial charge in [-0.2, -0.15) is 0 Å². The van der Waals surface area contributed by atoms with Gasteiger partial charge in [0.15, 0.2) is 5.82 Å². The summed E-state index contributed by atoms with van der Waals surface area (Å²) >= 11 is 0. The molecule has 0 saturated carbocycles. The fourth-order valence-electron chi connectivity index (χ4n) is 3.61. The van der Waals surface area contributed by atoms with Gasteiger partial charge in [0.05, 0.1) is 11.0 Å². The van der Waals surface area contributed by atoms with Crippen LogP contribution in [0, 0.1) is 5.92 Å². The molecule has 28 heavy (non-hydrogen) atoms. The van der Waals surface area contributed by atoms with Crippen molar-refractivity contribution in [2.45, 2.75) is 33.9 Å². The number of nitrogens with zero attached hydrogens (tertiary/aromatic N) is 4. The number of aromatic nitrogens is 4. The average molecular weight is 375 g/mol. The third kappa shape index (κ3) is 3.20. The van der Waals surface area contributed by atoms with Crippen LogP contribution in [0.25, 0.3) is 33.1 Å². The fourth-order valence-corrected chi connectivity index (χ4v) is 3.61. The molecule has 0 saturated heterocycles. The Kier molecular flexibility index (Phi) is 4.96. The highest BCUT2D eigenvalue weighted by Gasteiger charge is 2.19. The van der Waals surface area contributed by atoms with Gasteiger partial charge in [0.25, 0.3) is 0 Å². The zero-order valence-corrected chi connectivity index (χ0v) is 16.5. The lowest BCUT2D eigenvalue weighted by atomic mass is 10.0. The molecule has 0 aliphatic carbocycles. The van der Waals surface area contributed by atoms with Gasteiger partial charge >= 0.3 is 0 Å². The predicted octanol–water partition coefficient (Wildman–Crippen LogP) is 4.42. The van der Waals surface area contributed by atoms with Gasteiger partial charge in [0, 0.05) is 36.5 Å². The third-order valence-corrected chi connectivity index (χ3v) is 4.79. The van der Waals surface area contributed by atoms with E-state index < -0.39 is 0 Å². The Hall–Kier alpha value is -2.99. The molecule has 0 fully saturated rings. The minimum absolute atomic E-state index is 0.448. The lowest BCUT2D eigenvalue weighted by Crippen LogP contribution is -2.10. The third-order valence-electron chi connectivity index (χ3n) is 4.79. The summed E-state index contributed by atoms with van der Waals surface area (Å²) in [5.74, 6) is 1.80. The number of imidazole rings is 1. The molecule has 0 atom stereocenters. The number of nitrogens with two attached hydrogens (primary N) is 1. The van der Waals surface area contributed by atoms with E-state index >= 15 is 0 Å². The lowest BCUT2D eigenvalue weighted by molar-refractivity contribution is 0.125. The van der Waals surface area contributed by atoms with Crippen molar-refractivity contribution in [3.05, 3.63) is 48.5 Å². The van der Waals surface area contributed by atoms with Gasteiger partial charge in [-0.3, -0.25) is 4.98 Å². The molecule has 4 aromatic rings. The van der Waals surface area contributed by atoms with Crippen LogP contribution >= 0.6 is 0 Å². The van der Waals surface area contributed by atoms with Gasteiger partial charge in [-0.05, 0) is 30.5 Å². The minimum atomic E-state index is 0.448. The molecule has 0 unspecified atom stereocenters. The Morgan fingerprint density at radius 3 is 2.57 bits per heavy atom. The number of hydrogen-bond donors (Lipinski definition) is 1. The molecule has 0 radical (unpaired) electrons. The fraction of sp³-hybridized carbons (Fsp3) is 0.318. The molecular weight excluding hydrogens is 350 g/mol. The maximum absolute atomic E-state index is 6.37. The standard InChI is InChI=1S/C22H25N5O/c1-4-28-13-18-25-20-21(27(18)12-14(2)3)17-7-5-6-16(19(17)26-22(20)23)15-8-10-24-11-9-15/h5-11,14H,4,12-13H2,1-3H3,(H2,23,26). The van der Waals surface area contributed by atoms with Crippen molar-refractivity contribution < 1.29 is 4.74 Å². The van der Waals surface area contributed by atoms with Crippen LogP contribution < -0.4 is 5.73 Å². The molecule has 0 amide bonds. The first-order valence-electron chi connectivity index (χ1n) is 9.65. The van der Waals surface area contributed by atoms with Gasteiger partial charge in [-0.25, -0.2) is 9.97 Å². The van der Waals surface area contributed by atoms with E-state index in [9.17, 15) is 0 Å². The van der Waals surface area contributed by atoms with Crippen LogP contribution in [-0.2, 0) is 17.9 Å². The first kappa shape index (κ1) is 18.4. The van der Waals surface area contributed by atoms with E-state index in [4.69, 9.17) is 20.4 Å². The molecular formula is C22H25N5O. The molecule has 144 valence electrons. The topological polar surface area (TPSA) is 78.8 Å². The summed E-state index contributed by atoms with van der Waals surface area (Å²) in [5, 5.41) is 1.05. The van der Waals surface area contributed by atoms with E-state index in [-0.39, 0.29) is 0 Å². The Balaban J connectivity index is 2.04. The Bertz CT molecular complexity index is 1120. The van der Waals surface area contributed by atoms with Crippen molar-refractivity contribution in [2.24, 2.45) is 5.92 Å². The van der Waals surface area contributed by atoms with Crippen molar-refractivity contribution in [2.75, 3.05) is 12.3 Å². The first-order valence-corrected chi connectivity index (χ1v) is 9.65. The Morgan fingerprint density at radius 1 is 1.07 bits per heavy atom. The van der Waals surface area contributed by atoms with Crippen molar-refractivity contribution >= 4 is 27.8 Å². The van der Waals surface area contributed by atoms with Gasteiger partial charge in [-0.1, -0.05) is 32.0 Å². The van der Waals surface area contributed by atoms with Crippen molar-refractivity contribution in [3.63, 3.8) is 0 Å². The summed E-state index contributed by atoms with van der Waals surface area (Å²) in [6.45, 7) is 8.34. The molecule has 4 rings (SSSR count). The second-order valence-electron chi connectivity index (χ2n) is 7.30. The summed E-state index contributed by atoms with van der Waals surface area (Å²) in [6.07, 6.45) is 3.58. The number of ether oxygens (including phenoxy) is 1. The zero-order chi connectivity index (χ0) is 19.7. The SMILES string of the molecule is CCOCc1nc2c(N)nc3c(-c4ccncc4)cccc3c2n1CC(C)C. The quantitative estimate of drug-likeness (QED) is 0.540. The van der Waals surface area contributed by atoms with E-state index in [2.05, 4.69) is 41.6 Å². The number of hydrogen-bond acceptors (Lipinski definition) is 5. The molecule has 3 aromatic heterocycles. The number of anilines is 1. The van der Waals surface area contributed by atoms with E-state index in [0.29, 0.717) is 24.9 Å². The molecule has 6 nitrogen and oxygen atoms in total. The highest BCUT2D eigenvalue weighted by molar-refractivity contribution is 6.10. The van der Waals surface area contributed by atoms with Crippen LogP contribution in [0.3, 0.4) is 0 Å². The van der Waals surface area contributed by atoms with Crippen molar-refractivity contribution in [1.29, 1.82) is 0 Å². The molecule has 1 aromatic carbocycles. The Morgan fingerprint density at radius 2 is 1.86 bits per heavy atom. The highest BCUT2D eigenvalue weighted by Crippen LogP contribution is 2.34. The van der Waals surface area contributed by atoms with E-state index in [1.807, 2.05) is 19.1 Å². The molecule has 0 spiro atoms.